The zero-order chi connectivity index (χ0) is 15.2. The van der Waals surface area contributed by atoms with Crippen molar-refractivity contribution in [3.8, 4) is 11.5 Å². The Labute approximate surface area is 121 Å². The molecule has 0 fully saturated rings. The number of rotatable bonds is 5. The molecular weight excluding hydrogens is 275 g/mol. The van der Waals surface area contributed by atoms with Crippen LogP contribution in [0.15, 0.2) is 47.6 Å². The molecule has 21 heavy (non-hydrogen) atoms. The first-order chi connectivity index (χ1) is 10.2. The van der Waals surface area contributed by atoms with Crippen molar-refractivity contribution < 1.29 is 19.1 Å². The average molecular weight is 290 g/mol. The SMILES string of the molecule is COc1cc(COc2ccccc2F)ccc1/C(N)=N/O. The molecule has 0 atom stereocenters. The Hall–Kier alpha value is -2.76. The number of benzene rings is 2. The van der Waals surface area contributed by atoms with Gasteiger partial charge in [0.1, 0.15) is 12.4 Å². The summed E-state index contributed by atoms with van der Waals surface area (Å²) in [6.45, 7) is 0.174. The normalized spacial score (nSPS) is 11.2. The van der Waals surface area contributed by atoms with Crippen LogP contribution >= 0.6 is 0 Å². The largest absolute Gasteiger partial charge is 0.496 e. The Morgan fingerprint density at radius 1 is 1.24 bits per heavy atom. The molecule has 0 spiro atoms. The fraction of sp³-hybridized carbons (Fsp3) is 0.133. The maximum absolute atomic E-state index is 13.4. The van der Waals surface area contributed by atoms with Crippen molar-refractivity contribution >= 4 is 5.84 Å². The topological polar surface area (TPSA) is 77.1 Å². The first-order valence-electron chi connectivity index (χ1n) is 6.18. The van der Waals surface area contributed by atoms with Crippen molar-refractivity contribution in [2.45, 2.75) is 6.61 Å². The summed E-state index contributed by atoms with van der Waals surface area (Å²) in [6, 6.07) is 11.2. The number of amidine groups is 1. The molecule has 0 heterocycles. The van der Waals surface area contributed by atoms with Gasteiger partial charge in [-0.3, -0.25) is 0 Å². The third kappa shape index (κ3) is 3.42. The van der Waals surface area contributed by atoms with Crippen LogP contribution in [0.25, 0.3) is 0 Å². The molecule has 0 saturated carbocycles. The van der Waals surface area contributed by atoms with E-state index < -0.39 is 5.82 Å². The number of nitrogens with zero attached hydrogens (tertiary/aromatic N) is 1. The van der Waals surface area contributed by atoms with Gasteiger partial charge in [0, 0.05) is 0 Å². The Bertz CT molecular complexity index is 659. The second kappa shape index (κ2) is 6.60. The quantitative estimate of drug-likeness (QED) is 0.384. The molecule has 0 saturated heterocycles. The maximum Gasteiger partial charge on any atom is 0.173 e. The molecule has 5 nitrogen and oxygen atoms in total. The van der Waals surface area contributed by atoms with Crippen molar-refractivity contribution in [1.82, 2.24) is 0 Å². The van der Waals surface area contributed by atoms with Gasteiger partial charge in [0.25, 0.3) is 0 Å². The average Bonchev–Trinajstić information content (AvgIpc) is 2.53. The van der Waals surface area contributed by atoms with Gasteiger partial charge in [-0.05, 0) is 29.8 Å². The molecule has 0 amide bonds. The first-order valence-corrected chi connectivity index (χ1v) is 6.18. The van der Waals surface area contributed by atoms with E-state index in [1.54, 1.807) is 36.4 Å². The monoisotopic (exact) mass is 290 g/mol. The van der Waals surface area contributed by atoms with Gasteiger partial charge in [-0.1, -0.05) is 23.4 Å². The summed E-state index contributed by atoms with van der Waals surface area (Å²) in [7, 11) is 1.48. The van der Waals surface area contributed by atoms with E-state index >= 15 is 0 Å². The second-order valence-electron chi connectivity index (χ2n) is 4.24. The highest BCUT2D eigenvalue weighted by Crippen LogP contribution is 2.22. The highest BCUT2D eigenvalue weighted by molar-refractivity contribution is 5.99. The molecule has 110 valence electrons. The number of para-hydroxylation sites is 1. The van der Waals surface area contributed by atoms with Gasteiger partial charge in [0.05, 0.1) is 12.7 Å². The molecule has 3 N–H and O–H groups in total. The van der Waals surface area contributed by atoms with Crippen LogP contribution < -0.4 is 15.2 Å². The molecule has 2 aromatic rings. The first kappa shape index (κ1) is 14.6. The highest BCUT2D eigenvalue weighted by Gasteiger charge is 2.09. The third-order valence-electron chi connectivity index (χ3n) is 2.88. The Balaban J connectivity index is 2.17. The van der Waals surface area contributed by atoms with E-state index in [0.29, 0.717) is 11.3 Å². The van der Waals surface area contributed by atoms with Gasteiger partial charge < -0.3 is 20.4 Å². The number of hydrogen-bond acceptors (Lipinski definition) is 4. The molecule has 0 bridgehead atoms. The Morgan fingerprint density at radius 3 is 2.67 bits per heavy atom. The van der Waals surface area contributed by atoms with Crippen molar-refractivity contribution in [2.24, 2.45) is 10.9 Å². The number of nitrogens with two attached hydrogens (primary N) is 1. The molecule has 0 unspecified atom stereocenters. The van der Waals surface area contributed by atoms with Gasteiger partial charge in [0.15, 0.2) is 17.4 Å². The molecule has 6 heteroatoms. The minimum Gasteiger partial charge on any atom is -0.496 e. The zero-order valence-corrected chi connectivity index (χ0v) is 11.4. The fourth-order valence-corrected chi connectivity index (χ4v) is 1.81. The smallest absolute Gasteiger partial charge is 0.173 e. The minimum atomic E-state index is -0.419. The van der Waals surface area contributed by atoms with Crippen LogP contribution in [0.3, 0.4) is 0 Å². The van der Waals surface area contributed by atoms with Crippen LogP contribution in [-0.4, -0.2) is 18.2 Å². The summed E-state index contributed by atoms with van der Waals surface area (Å²) in [6.07, 6.45) is 0. The van der Waals surface area contributed by atoms with Gasteiger partial charge in [-0.25, -0.2) is 4.39 Å². The zero-order valence-electron chi connectivity index (χ0n) is 11.4. The van der Waals surface area contributed by atoms with E-state index in [-0.39, 0.29) is 18.2 Å². The minimum absolute atomic E-state index is 0.0478. The van der Waals surface area contributed by atoms with Crippen molar-refractivity contribution in [2.75, 3.05) is 7.11 Å². The summed E-state index contributed by atoms with van der Waals surface area (Å²) in [5.41, 5.74) is 6.78. The third-order valence-corrected chi connectivity index (χ3v) is 2.88. The standard InChI is InChI=1S/C15H15FN2O3/c1-20-14-8-10(6-7-11(14)15(17)18-19)9-21-13-5-3-2-4-12(13)16/h2-8,19H,9H2,1H3,(H2,17,18). The Kier molecular flexibility index (Phi) is 4.61. The lowest BCUT2D eigenvalue weighted by atomic mass is 10.1. The van der Waals surface area contributed by atoms with Crippen molar-refractivity contribution in [3.05, 3.63) is 59.4 Å². The van der Waals surface area contributed by atoms with Gasteiger partial charge in [-0.15, -0.1) is 0 Å². The maximum atomic E-state index is 13.4. The van der Waals surface area contributed by atoms with Crippen LogP contribution in [0.5, 0.6) is 11.5 Å². The summed E-state index contributed by atoms with van der Waals surface area (Å²) in [5, 5.41) is 11.6. The van der Waals surface area contributed by atoms with Gasteiger partial charge >= 0.3 is 0 Å². The number of halogens is 1. The van der Waals surface area contributed by atoms with E-state index in [2.05, 4.69) is 5.16 Å². The summed E-state index contributed by atoms with van der Waals surface area (Å²) >= 11 is 0. The lowest BCUT2D eigenvalue weighted by molar-refractivity contribution is 0.289. The molecule has 0 aliphatic rings. The number of oxime groups is 1. The van der Waals surface area contributed by atoms with Gasteiger partial charge in [0.2, 0.25) is 0 Å². The van der Waals surface area contributed by atoms with E-state index in [9.17, 15) is 4.39 Å². The molecule has 0 aliphatic carbocycles. The van der Waals surface area contributed by atoms with E-state index in [1.807, 2.05) is 0 Å². The number of hydrogen-bond donors (Lipinski definition) is 2. The molecular formula is C15H15FN2O3. The molecule has 2 aromatic carbocycles. The predicted molar refractivity (Wildman–Crippen MR) is 76.2 cm³/mol. The van der Waals surface area contributed by atoms with Crippen molar-refractivity contribution in [3.63, 3.8) is 0 Å². The molecule has 0 aliphatic heterocycles. The van der Waals surface area contributed by atoms with E-state index in [0.717, 1.165) is 5.56 Å². The van der Waals surface area contributed by atoms with Crippen LogP contribution in [0.1, 0.15) is 11.1 Å². The lowest BCUT2D eigenvalue weighted by Crippen LogP contribution is -2.14. The van der Waals surface area contributed by atoms with Crippen molar-refractivity contribution in [1.29, 1.82) is 0 Å². The van der Waals surface area contributed by atoms with Crippen LogP contribution in [0.4, 0.5) is 4.39 Å². The second-order valence-corrected chi connectivity index (χ2v) is 4.24. The number of ether oxygens (including phenoxy) is 2. The highest BCUT2D eigenvalue weighted by atomic mass is 19.1. The van der Waals surface area contributed by atoms with Crippen LogP contribution in [0, 0.1) is 5.82 Å². The molecule has 0 aromatic heterocycles. The predicted octanol–water partition coefficient (Wildman–Crippen LogP) is 2.51. The Morgan fingerprint density at radius 2 is 2.00 bits per heavy atom. The molecule has 0 radical (unpaired) electrons. The fourth-order valence-electron chi connectivity index (χ4n) is 1.81. The summed E-state index contributed by atoms with van der Waals surface area (Å²) in [5.74, 6) is 0.156. The van der Waals surface area contributed by atoms with E-state index in [4.69, 9.17) is 20.4 Å². The van der Waals surface area contributed by atoms with Gasteiger partial charge in [-0.2, -0.15) is 0 Å². The van der Waals surface area contributed by atoms with Crippen LogP contribution in [-0.2, 0) is 6.61 Å². The summed E-state index contributed by atoms with van der Waals surface area (Å²) < 4.78 is 24.0. The number of methoxy groups -OCH3 is 1. The van der Waals surface area contributed by atoms with Crippen LogP contribution in [0.2, 0.25) is 0 Å². The van der Waals surface area contributed by atoms with E-state index in [1.165, 1.54) is 13.2 Å². The lowest BCUT2D eigenvalue weighted by Gasteiger charge is -2.11. The summed E-state index contributed by atoms with van der Waals surface area (Å²) in [4.78, 5) is 0. The molecule has 2 rings (SSSR count).